The highest BCUT2D eigenvalue weighted by molar-refractivity contribution is 5.76. The second-order valence-corrected chi connectivity index (χ2v) is 33.3. The Kier molecular flexibility index (Phi) is 89.8. The maximum absolute atomic E-state index is 12.7. The maximum Gasteiger partial charge on any atom is 0.364 e. The van der Waals surface area contributed by atoms with Gasteiger partial charge in [0.05, 0.1) is 62.5 Å². The van der Waals surface area contributed by atoms with Crippen molar-refractivity contribution in [1.29, 1.82) is 0 Å². The summed E-state index contributed by atoms with van der Waals surface area (Å²) >= 11 is 0. The zero-order valence-corrected chi connectivity index (χ0v) is 80.5. The van der Waals surface area contributed by atoms with Gasteiger partial charge in [0.1, 0.15) is 71.4 Å². The number of quaternary nitrogens is 4. The van der Waals surface area contributed by atoms with Gasteiger partial charge < -0.3 is 120 Å². The van der Waals surface area contributed by atoms with Gasteiger partial charge in [0.25, 0.3) is 0 Å². The van der Waals surface area contributed by atoms with E-state index in [9.17, 15) is 52.7 Å². The summed E-state index contributed by atoms with van der Waals surface area (Å²) in [6, 6.07) is 0. The van der Waals surface area contributed by atoms with Crippen LogP contribution in [0, 0.1) is 0 Å². The van der Waals surface area contributed by atoms with Crippen molar-refractivity contribution < 1.29 is 172 Å². The SMILES string of the molecule is CC(=O)C[N+](C)(C)CCOC(C)=O.CCCCCC[C@H](C/C=C\CCCCCCCC(=O)OCOC(=O)CCCCCCC/C=C\C[C@H](CCCCCC)OC(=O)C[N+](C)(C)CCOC(C)=O)OC.CCCCCC[C@H](C/C=C\CCCCCCCC(=O)OCOC(=O)C[N+](C)(C)CCOC(C)=O)OC(=O)C[N+](C)(C)CCOC(C)=O.[Cl-].[Cl-].[Cl-].[Cl-]. The Hall–Kier alpha value is -5.45. The zero-order valence-electron chi connectivity index (χ0n) is 77.5. The molecular weight excluding hydrogens is 1630 g/mol. The molecule has 0 saturated heterocycles. The first-order valence-electron chi connectivity index (χ1n) is 43.8. The molecule has 0 aliphatic carbocycles. The molecule has 706 valence electrons. The van der Waals surface area contributed by atoms with Crippen molar-refractivity contribution in [3.63, 3.8) is 0 Å². The van der Waals surface area contributed by atoms with Crippen molar-refractivity contribution in [3.8, 4) is 0 Å². The van der Waals surface area contributed by atoms with Gasteiger partial charge in [-0.3, -0.25) is 38.4 Å². The Morgan fingerprint density at radius 2 is 0.517 bits per heavy atom. The van der Waals surface area contributed by atoms with E-state index in [-0.39, 0.29) is 173 Å². The lowest BCUT2D eigenvalue weighted by atomic mass is 10.1. The predicted molar refractivity (Wildman–Crippen MR) is 454 cm³/mol. The minimum Gasteiger partial charge on any atom is -1.00 e. The number of nitrogens with zero attached hydrogens (tertiary/aromatic N) is 4. The minimum atomic E-state index is -0.490. The summed E-state index contributed by atoms with van der Waals surface area (Å²) in [5.74, 6) is -3.10. The number of carbonyl (C=O) groups is 11. The van der Waals surface area contributed by atoms with Gasteiger partial charge in [-0.1, -0.05) is 179 Å². The quantitative estimate of drug-likeness (QED) is 0.0208. The lowest BCUT2D eigenvalue weighted by Gasteiger charge is -2.29. The van der Waals surface area contributed by atoms with Gasteiger partial charge in [-0.05, 0) is 96.3 Å². The Morgan fingerprint density at radius 1 is 0.275 bits per heavy atom. The average Bonchev–Trinajstić information content (AvgIpc) is 0.955. The number of methoxy groups -OCH3 is 1. The average molecular weight is 1800 g/mol. The molecule has 0 amide bonds. The highest BCUT2D eigenvalue weighted by atomic mass is 35.5. The third-order valence-corrected chi connectivity index (χ3v) is 19.2. The van der Waals surface area contributed by atoms with E-state index in [1.165, 1.54) is 66.2 Å². The number of ether oxygens (including phenoxy) is 11. The minimum absolute atomic E-state index is 0. The second kappa shape index (κ2) is 84.4. The number of likely N-dealkylation sites (N-methyl/N-ethyl adjacent to an activating group) is 4. The molecule has 0 aromatic rings. The van der Waals surface area contributed by atoms with Crippen LogP contribution in [0.4, 0.5) is 0 Å². The maximum atomic E-state index is 12.7. The topological polar surface area (TPSA) is 289 Å². The van der Waals surface area contributed by atoms with Crippen LogP contribution in [0.15, 0.2) is 36.5 Å². The number of allylic oxidation sites excluding steroid dienone is 3. The summed E-state index contributed by atoms with van der Waals surface area (Å²) < 4.78 is 59.0. The van der Waals surface area contributed by atoms with E-state index in [1.807, 2.05) is 63.5 Å². The van der Waals surface area contributed by atoms with Gasteiger partial charge in [0, 0.05) is 73.8 Å². The molecule has 0 saturated carbocycles. The first-order chi connectivity index (χ1) is 55.0. The van der Waals surface area contributed by atoms with Crippen molar-refractivity contribution in [2.45, 2.75) is 324 Å². The summed E-state index contributed by atoms with van der Waals surface area (Å²) in [4.78, 5) is 128. The fourth-order valence-electron chi connectivity index (χ4n) is 12.2. The van der Waals surface area contributed by atoms with Crippen molar-refractivity contribution in [1.82, 2.24) is 0 Å². The molecule has 120 heavy (non-hydrogen) atoms. The van der Waals surface area contributed by atoms with Crippen LogP contribution in [0.25, 0.3) is 0 Å². The number of carbonyl (C=O) groups excluding carboxylic acids is 11. The largest absolute Gasteiger partial charge is 1.00 e. The van der Waals surface area contributed by atoms with Gasteiger partial charge in [0.2, 0.25) is 13.6 Å². The zero-order chi connectivity index (χ0) is 87.6. The molecule has 0 bridgehead atoms. The van der Waals surface area contributed by atoms with E-state index < -0.39 is 18.7 Å². The second-order valence-electron chi connectivity index (χ2n) is 33.3. The van der Waals surface area contributed by atoms with Crippen LogP contribution in [0.3, 0.4) is 0 Å². The number of esters is 10. The number of Topliss-reactive ketones (excluding diaryl/α,β-unsaturated/α-hetero) is 1. The Bertz CT molecular complexity index is 2720. The van der Waals surface area contributed by atoms with Crippen LogP contribution in [0.5, 0.6) is 0 Å². The fourth-order valence-corrected chi connectivity index (χ4v) is 12.2. The molecule has 0 radical (unpaired) electrons. The normalized spacial score (nSPS) is 12.1. The fraction of sp³-hybridized carbons (Fsp3) is 0.811. The van der Waals surface area contributed by atoms with E-state index in [0.717, 1.165) is 173 Å². The van der Waals surface area contributed by atoms with E-state index in [2.05, 4.69) is 57.2 Å². The predicted octanol–water partition coefficient (Wildman–Crippen LogP) is 3.99. The molecule has 0 aliphatic rings. The van der Waals surface area contributed by atoms with Crippen molar-refractivity contribution in [3.05, 3.63) is 36.5 Å². The lowest BCUT2D eigenvalue weighted by molar-refractivity contribution is -0.883. The smallest absolute Gasteiger partial charge is 0.364 e. The molecule has 0 aliphatic heterocycles. The van der Waals surface area contributed by atoms with Crippen molar-refractivity contribution in [2.24, 2.45) is 0 Å². The summed E-state index contributed by atoms with van der Waals surface area (Å²) in [5.41, 5.74) is 0. The highest BCUT2D eigenvalue weighted by Gasteiger charge is 2.27. The van der Waals surface area contributed by atoms with Gasteiger partial charge >= 0.3 is 59.7 Å². The molecule has 0 unspecified atom stereocenters. The number of ketones is 1. The van der Waals surface area contributed by atoms with E-state index in [0.29, 0.717) is 91.0 Å². The number of unbranched alkanes of at least 4 members (excludes halogenated alkanes) is 24. The van der Waals surface area contributed by atoms with E-state index >= 15 is 0 Å². The van der Waals surface area contributed by atoms with Gasteiger partial charge in [-0.2, -0.15) is 0 Å². The molecule has 0 N–H and O–H groups in total. The van der Waals surface area contributed by atoms with Gasteiger partial charge in [-0.25, -0.2) is 14.4 Å². The molecule has 30 heteroatoms. The molecule has 0 fully saturated rings. The number of rotatable bonds is 72. The van der Waals surface area contributed by atoms with Crippen molar-refractivity contribution >= 4 is 65.5 Å². The van der Waals surface area contributed by atoms with Crippen LogP contribution < -0.4 is 49.6 Å². The molecule has 0 heterocycles. The van der Waals surface area contributed by atoms with Crippen LogP contribution in [0.1, 0.15) is 306 Å². The molecule has 3 atom stereocenters. The molecular formula is C90H166Cl4N4O22. The van der Waals surface area contributed by atoms with Crippen molar-refractivity contribution in [2.75, 3.05) is 156 Å². The van der Waals surface area contributed by atoms with E-state index in [4.69, 9.17) is 52.1 Å². The summed E-state index contributed by atoms with van der Waals surface area (Å²) in [6.07, 6.45) is 51.4. The lowest BCUT2D eigenvalue weighted by Crippen LogP contribution is -3.00. The van der Waals surface area contributed by atoms with Crippen LogP contribution in [-0.2, 0) is 105 Å². The Balaban J connectivity index is -0.000000362. The van der Waals surface area contributed by atoms with Gasteiger partial charge in [-0.15, -0.1) is 0 Å². The molecule has 26 nitrogen and oxygen atoms in total. The third-order valence-electron chi connectivity index (χ3n) is 19.2. The first-order valence-corrected chi connectivity index (χ1v) is 43.8. The summed E-state index contributed by atoms with van der Waals surface area (Å²) in [7, 11) is 17.0. The summed E-state index contributed by atoms with van der Waals surface area (Å²) in [6.45, 7) is 17.3. The third kappa shape index (κ3) is 94.8. The summed E-state index contributed by atoms with van der Waals surface area (Å²) in [5, 5.41) is 0. The molecule has 0 rings (SSSR count). The molecule has 0 aromatic carbocycles. The van der Waals surface area contributed by atoms with E-state index in [1.54, 1.807) is 6.92 Å². The molecule has 0 spiro atoms. The van der Waals surface area contributed by atoms with Crippen LogP contribution >= 0.6 is 0 Å². The number of hydrogen-bond donors (Lipinski definition) is 0. The standard InChI is InChI=1S/C46H84NO9.C35H64N2O10.C9H18NO3.4ClH/c1-7-9-11-25-31-42(52-6)32-27-21-17-13-15-19-23-29-35-44(49)54-40-55-45(50)36-30-24-20-16-14-18-22-28-34-43(33-26-12-10-8-2)56-46(51)39-47(4,5)37-38-53-41(3)48;1-8-9-10-17-20-32(47-35(42)28-37(6,7)24-26-44-31(3)39)21-18-15-13-11-12-14-16-19-22-33(40)45-29-46-34(41)27-36(4,5)23-25-43-30(2)38;1-8(11)7-10(3,4)5-6-13-9(2)12;;;;/h21-22,27-28,42-43H,7-20,23-26,29-40H2,1-6H3;15,18,32H,8-14,16-17,19-29H2,1-7H3;5-7H2,1-4H3;4*1H/q+1;+2;+1;;;;/p-4/b27-21-,28-22-;18-15-;;;;;/t42-,43+;32-;;;;;/m11...../s1. The highest BCUT2D eigenvalue weighted by Crippen LogP contribution is 2.19. The molecule has 0 aromatic heterocycles. The Morgan fingerprint density at radius 3 is 0.792 bits per heavy atom. The van der Waals surface area contributed by atoms with Crippen LogP contribution in [-0.4, -0.2) is 258 Å². The first kappa shape index (κ1) is 128. The monoisotopic (exact) mass is 1800 g/mol. The van der Waals surface area contributed by atoms with Gasteiger partial charge in [0.15, 0.2) is 25.4 Å². The number of hydrogen-bond acceptors (Lipinski definition) is 22. The number of halogens is 4. The Labute approximate surface area is 750 Å². The van der Waals surface area contributed by atoms with Crippen LogP contribution in [0.2, 0.25) is 0 Å².